The van der Waals surface area contributed by atoms with Crippen molar-refractivity contribution >= 4 is 17.1 Å². The molecule has 110 valence electrons. The van der Waals surface area contributed by atoms with Crippen molar-refractivity contribution < 1.29 is 0 Å². The van der Waals surface area contributed by atoms with E-state index in [-0.39, 0.29) is 0 Å². The molecule has 1 aliphatic rings. The molecule has 0 spiro atoms. The van der Waals surface area contributed by atoms with E-state index in [4.69, 9.17) is 5.73 Å². The molecule has 1 fully saturated rings. The smallest absolute Gasteiger partial charge is 0.0403 e. The lowest BCUT2D eigenvalue weighted by Crippen LogP contribution is -2.46. The van der Waals surface area contributed by atoms with E-state index < -0.39 is 0 Å². The van der Waals surface area contributed by atoms with Gasteiger partial charge in [0.1, 0.15) is 0 Å². The Labute approximate surface area is 126 Å². The summed E-state index contributed by atoms with van der Waals surface area (Å²) in [6.45, 7) is 8.25. The molecule has 3 rings (SSSR count). The number of aryl methyl sites for hydroxylation is 2. The zero-order chi connectivity index (χ0) is 14.8. The Morgan fingerprint density at radius 1 is 0.810 bits per heavy atom. The van der Waals surface area contributed by atoms with Gasteiger partial charge in [-0.1, -0.05) is 0 Å². The summed E-state index contributed by atoms with van der Waals surface area (Å²) in [6, 6.07) is 12.5. The number of aromatic nitrogens is 1. The van der Waals surface area contributed by atoms with Gasteiger partial charge in [-0.15, -0.1) is 0 Å². The summed E-state index contributed by atoms with van der Waals surface area (Å²) in [5, 5.41) is 0. The first-order valence-electron chi connectivity index (χ1n) is 7.42. The van der Waals surface area contributed by atoms with Crippen LogP contribution in [-0.4, -0.2) is 31.2 Å². The zero-order valence-electron chi connectivity index (χ0n) is 12.7. The quantitative estimate of drug-likeness (QED) is 0.860. The molecule has 4 nitrogen and oxygen atoms in total. The highest BCUT2D eigenvalue weighted by molar-refractivity contribution is 5.55. The minimum Gasteiger partial charge on any atom is -0.399 e. The molecule has 2 N–H and O–H groups in total. The van der Waals surface area contributed by atoms with Crippen molar-refractivity contribution in [2.75, 3.05) is 41.7 Å². The summed E-state index contributed by atoms with van der Waals surface area (Å²) in [4.78, 5) is 9.30. The number of pyridine rings is 1. The van der Waals surface area contributed by atoms with E-state index in [1.54, 1.807) is 0 Å². The maximum Gasteiger partial charge on any atom is 0.0403 e. The summed E-state index contributed by atoms with van der Waals surface area (Å²) >= 11 is 0. The van der Waals surface area contributed by atoms with Gasteiger partial charge in [0.25, 0.3) is 0 Å². The summed E-state index contributed by atoms with van der Waals surface area (Å²) < 4.78 is 0. The third-order valence-electron chi connectivity index (χ3n) is 3.97. The van der Waals surface area contributed by atoms with Gasteiger partial charge in [-0.3, -0.25) is 4.98 Å². The van der Waals surface area contributed by atoms with Crippen molar-refractivity contribution in [2.45, 2.75) is 13.8 Å². The van der Waals surface area contributed by atoms with Crippen molar-refractivity contribution in [1.29, 1.82) is 0 Å². The molecule has 21 heavy (non-hydrogen) atoms. The molecule has 0 aliphatic carbocycles. The molecule has 1 aromatic carbocycles. The number of nitrogen functional groups attached to an aromatic ring is 1. The molecule has 1 aromatic heterocycles. The van der Waals surface area contributed by atoms with Gasteiger partial charge in [0.05, 0.1) is 0 Å². The highest BCUT2D eigenvalue weighted by Gasteiger charge is 2.18. The number of anilines is 3. The fourth-order valence-electron chi connectivity index (χ4n) is 2.90. The fraction of sp³-hybridized carbons (Fsp3) is 0.353. The second-order valence-electron chi connectivity index (χ2n) is 5.67. The van der Waals surface area contributed by atoms with Crippen LogP contribution in [0.25, 0.3) is 0 Å². The number of nitrogens with two attached hydrogens (primary N) is 1. The SMILES string of the molecule is Cc1cc(N2CCN(c3ccc(N)cc3)CC2)cc(C)n1. The predicted molar refractivity (Wildman–Crippen MR) is 89.0 cm³/mol. The van der Waals surface area contributed by atoms with E-state index in [1.165, 1.54) is 11.4 Å². The topological polar surface area (TPSA) is 45.4 Å². The third-order valence-corrected chi connectivity index (χ3v) is 3.97. The minimum atomic E-state index is 0.820. The average molecular weight is 282 g/mol. The standard InChI is InChI=1S/C17H22N4/c1-13-11-17(12-14(2)19-13)21-9-7-20(8-10-21)16-5-3-15(18)4-6-16/h3-6,11-12H,7-10,18H2,1-2H3. The molecule has 2 aromatic rings. The normalized spacial score (nSPS) is 15.3. The van der Waals surface area contributed by atoms with Crippen LogP contribution in [0.2, 0.25) is 0 Å². The Morgan fingerprint density at radius 3 is 1.81 bits per heavy atom. The predicted octanol–water partition coefficient (Wildman–Crippen LogP) is 2.61. The van der Waals surface area contributed by atoms with Crippen molar-refractivity contribution in [1.82, 2.24) is 4.98 Å². The summed E-state index contributed by atoms with van der Waals surface area (Å²) in [5.74, 6) is 0. The van der Waals surface area contributed by atoms with Crippen LogP contribution in [-0.2, 0) is 0 Å². The van der Waals surface area contributed by atoms with E-state index in [0.717, 1.165) is 43.3 Å². The Hall–Kier alpha value is -2.23. The third kappa shape index (κ3) is 3.10. The summed E-state index contributed by atoms with van der Waals surface area (Å²) in [5.41, 5.74) is 11.3. The first-order chi connectivity index (χ1) is 10.1. The van der Waals surface area contributed by atoms with Gasteiger partial charge in [0, 0.05) is 54.6 Å². The van der Waals surface area contributed by atoms with Crippen LogP contribution in [0.5, 0.6) is 0 Å². The van der Waals surface area contributed by atoms with Crippen LogP contribution in [0.4, 0.5) is 17.1 Å². The lowest BCUT2D eigenvalue weighted by molar-refractivity contribution is 0.653. The van der Waals surface area contributed by atoms with Crippen molar-refractivity contribution in [3.63, 3.8) is 0 Å². The lowest BCUT2D eigenvalue weighted by Gasteiger charge is -2.37. The van der Waals surface area contributed by atoms with Gasteiger partial charge >= 0.3 is 0 Å². The lowest BCUT2D eigenvalue weighted by atomic mass is 10.2. The van der Waals surface area contributed by atoms with Crippen molar-refractivity contribution in [3.8, 4) is 0 Å². The summed E-state index contributed by atoms with van der Waals surface area (Å²) in [7, 11) is 0. The fourth-order valence-corrected chi connectivity index (χ4v) is 2.90. The van der Waals surface area contributed by atoms with E-state index >= 15 is 0 Å². The molecule has 0 unspecified atom stereocenters. The van der Waals surface area contributed by atoms with Gasteiger partial charge in [0.2, 0.25) is 0 Å². The molecule has 1 saturated heterocycles. The molecule has 0 radical (unpaired) electrons. The second-order valence-corrected chi connectivity index (χ2v) is 5.67. The zero-order valence-corrected chi connectivity index (χ0v) is 12.7. The van der Waals surface area contributed by atoms with Gasteiger partial charge in [-0.2, -0.15) is 0 Å². The molecule has 0 atom stereocenters. The average Bonchev–Trinajstić information content (AvgIpc) is 2.47. The van der Waals surface area contributed by atoms with Crippen LogP contribution in [0, 0.1) is 13.8 Å². The van der Waals surface area contributed by atoms with E-state index in [2.05, 4.69) is 52.9 Å². The van der Waals surface area contributed by atoms with Crippen LogP contribution < -0.4 is 15.5 Å². The number of hydrogen-bond acceptors (Lipinski definition) is 4. The van der Waals surface area contributed by atoms with Crippen LogP contribution in [0.15, 0.2) is 36.4 Å². The molecule has 4 heteroatoms. The van der Waals surface area contributed by atoms with Gasteiger partial charge in [0.15, 0.2) is 0 Å². The first-order valence-corrected chi connectivity index (χ1v) is 7.42. The van der Waals surface area contributed by atoms with Crippen LogP contribution in [0.3, 0.4) is 0 Å². The minimum absolute atomic E-state index is 0.820. The molecular formula is C17H22N4. The number of benzene rings is 1. The molecule has 0 bridgehead atoms. The Bertz CT molecular complexity index is 593. The number of nitrogens with zero attached hydrogens (tertiary/aromatic N) is 3. The van der Waals surface area contributed by atoms with Crippen molar-refractivity contribution in [2.24, 2.45) is 0 Å². The molecule has 0 amide bonds. The Kier molecular flexibility index (Phi) is 3.69. The van der Waals surface area contributed by atoms with Crippen molar-refractivity contribution in [3.05, 3.63) is 47.8 Å². The maximum absolute atomic E-state index is 5.75. The molecule has 2 heterocycles. The van der Waals surface area contributed by atoms with Crippen LogP contribution >= 0.6 is 0 Å². The molecule has 1 aliphatic heterocycles. The van der Waals surface area contributed by atoms with Gasteiger partial charge in [-0.05, 0) is 50.2 Å². The van der Waals surface area contributed by atoms with E-state index in [0.29, 0.717) is 0 Å². The molecular weight excluding hydrogens is 260 g/mol. The maximum atomic E-state index is 5.75. The van der Waals surface area contributed by atoms with E-state index in [1.807, 2.05) is 12.1 Å². The highest BCUT2D eigenvalue weighted by Crippen LogP contribution is 2.22. The Morgan fingerprint density at radius 2 is 1.29 bits per heavy atom. The second kappa shape index (κ2) is 5.64. The first kappa shape index (κ1) is 13.7. The monoisotopic (exact) mass is 282 g/mol. The largest absolute Gasteiger partial charge is 0.399 e. The summed E-state index contributed by atoms with van der Waals surface area (Å²) in [6.07, 6.45) is 0. The molecule has 0 saturated carbocycles. The highest BCUT2D eigenvalue weighted by atomic mass is 15.3. The number of hydrogen-bond donors (Lipinski definition) is 1. The number of piperazine rings is 1. The number of rotatable bonds is 2. The Balaban J connectivity index is 1.68. The van der Waals surface area contributed by atoms with Gasteiger partial charge < -0.3 is 15.5 Å². The van der Waals surface area contributed by atoms with E-state index in [9.17, 15) is 0 Å². The van der Waals surface area contributed by atoms with Crippen LogP contribution in [0.1, 0.15) is 11.4 Å². The van der Waals surface area contributed by atoms with Gasteiger partial charge in [-0.25, -0.2) is 0 Å².